The van der Waals surface area contributed by atoms with E-state index in [0.29, 0.717) is 18.2 Å². The monoisotopic (exact) mass is 361 g/mol. The molecule has 1 amide bonds. The Morgan fingerprint density at radius 2 is 2.00 bits per heavy atom. The molecule has 2 heterocycles. The number of nitro benzene ring substituents is 1. The second kappa shape index (κ2) is 7.66. The summed E-state index contributed by atoms with van der Waals surface area (Å²) in [5.41, 5.74) is 0.571. The Balaban J connectivity index is 1.46. The number of rotatable bonds is 5. The lowest BCUT2D eigenvalue weighted by molar-refractivity contribution is -0.384. The molecule has 3 rings (SSSR count). The maximum absolute atomic E-state index is 12.1. The molecular formula is C16H19N5O3S. The van der Waals surface area contributed by atoms with Crippen molar-refractivity contribution >= 4 is 28.6 Å². The highest BCUT2D eigenvalue weighted by Crippen LogP contribution is 2.29. The van der Waals surface area contributed by atoms with Crippen LogP contribution in [0.1, 0.15) is 28.8 Å². The molecule has 0 aliphatic carbocycles. The minimum atomic E-state index is -0.463. The number of non-ortho nitro benzene ring substituents is 1. The van der Waals surface area contributed by atoms with Crippen LogP contribution in [0, 0.1) is 17.0 Å². The summed E-state index contributed by atoms with van der Waals surface area (Å²) < 4.78 is 0. The lowest BCUT2D eigenvalue weighted by Crippen LogP contribution is -2.38. The number of benzene rings is 1. The largest absolute Gasteiger partial charge is 0.325 e. The normalized spacial score (nSPS) is 15.9. The molecule has 2 aromatic rings. The molecule has 132 valence electrons. The number of carbonyl (C=O) groups excluding carboxylic acids is 1. The van der Waals surface area contributed by atoms with Gasteiger partial charge >= 0.3 is 0 Å². The fourth-order valence-electron chi connectivity index (χ4n) is 2.88. The summed E-state index contributed by atoms with van der Waals surface area (Å²) >= 11 is 1.65. The molecule has 1 aromatic heterocycles. The van der Waals surface area contributed by atoms with Crippen molar-refractivity contribution in [1.82, 2.24) is 15.1 Å². The minimum Gasteiger partial charge on any atom is -0.325 e. The van der Waals surface area contributed by atoms with Crippen molar-refractivity contribution in [2.45, 2.75) is 25.7 Å². The van der Waals surface area contributed by atoms with E-state index in [1.54, 1.807) is 23.5 Å². The van der Waals surface area contributed by atoms with E-state index in [2.05, 4.69) is 20.4 Å². The highest BCUT2D eigenvalue weighted by Gasteiger charge is 2.24. The third kappa shape index (κ3) is 4.58. The maximum Gasteiger partial charge on any atom is 0.269 e. The Labute approximate surface area is 149 Å². The van der Waals surface area contributed by atoms with Crippen LogP contribution >= 0.6 is 11.3 Å². The van der Waals surface area contributed by atoms with Gasteiger partial charge in [0.1, 0.15) is 10.0 Å². The third-order valence-corrected chi connectivity index (χ3v) is 5.21. The quantitative estimate of drug-likeness (QED) is 0.649. The van der Waals surface area contributed by atoms with E-state index in [0.717, 1.165) is 35.9 Å². The number of hydrogen-bond acceptors (Lipinski definition) is 7. The zero-order chi connectivity index (χ0) is 17.8. The van der Waals surface area contributed by atoms with Gasteiger partial charge in [-0.15, -0.1) is 21.5 Å². The Morgan fingerprint density at radius 3 is 2.56 bits per heavy atom. The van der Waals surface area contributed by atoms with Crippen LogP contribution in [0.3, 0.4) is 0 Å². The number of aryl methyl sites for hydroxylation is 1. The van der Waals surface area contributed by atoms with E-state index in [1.807, 2.05) is 6.92 Å². The van der Waals surface area contributed by atoms with Gasteiger partial charge in [0.25, 0.3) is 5.69 Å². The molecular weight excluding hydrogens is 342 g/mol. The highest BCUT2D eigenvalue weighted by molar-refractivity contribution is 7.11. The van der Waals surface area contributed by atoms with Crippen molar-refractivity contribution in [3.63, 3.8) is 0 Å². The first-order valence-corrected chi connectivity index (χ1v) is 8.89. The van der Waals surface area contributed by atoms with Crippen molar-refractivity contribution in [3.05, 3.63) is 44.4 Å². The number of anilines is 1. The van der Waals surface area contributed by atoms with E-state index in [4.69, 9.17) is 0 Å². The maximum atomic E-state index is 12.1. The van der Waals surface area contributed by atoms with Gasteiger partial charge < -0.3 is 5.32 Å². The van der Waals surface area contributed by atoms with Crippen LogP contribution < -0.4 is 5.32 Å². The summed E-state index contributed by atoms with van der Waals surface area (Å²) in [7, 11) is 0. The van der Waals surface area contributed by atoms with Gasteiger partial charge in [-0.05, 0) is 45.0 Å². The van der Waals surface area contributed by atoms with Gasteiger partial charge in [0.05, 0.1) is 11.5 Å². The summed E-state index contributed by atoms with van der Waals surface area (Å²) in [6, 6.07) is 5.84. The summed E-state index contributed by atoms with van der Waals surface area (Å²) in [4.78, 5) is 24.4. The van der Waals surface area contributed by atoms with E-state index < -0.39 is 4.92 Å². The van der Waals surface area contributed by atoms with Crippen LogP contribution in [0.15, 0.2) is 24.3 Å². The number of nitro groups is 1. The summed E-state index contributed by atoms with van der Waals surface area (Å²) in [5.74, 6) is 0.319. The molecule has 0 atom stereocenters. The van der Waals surface area contributed by atoms with Gasteiger partial charge in [-0.25, -0.2) is 0 Å². The average molecular weight is 361 g/mol. The number of nitrogens with one attached hydrogen (secondary N) is 1. The van der Waals surface area contributed by atoms with Crippen molar-refractivity contribution < 1.29 is 9.72 Å². The van der Waals surface area contributed by atoms with Crippen LogP contribution in [-0.2, 0) is 4.79 Å². The van der Waals surface area contributed by atoms with Crippen molar-refractivity contribution in [1.29, 1.82) is 0 Å². The fourth-order valence-corrected chi connectivity index (χ4v) is 3.75. The van der Waals surface area contributed by atoms with Crippen molar-refractivity contribution in [2.75, 3.05) is 25.0 Å². The van der Waals surface area contributed by atoms with E-state index >= 15 is 0 Å². The topological polar surface area (TPSA) is 101 Å². The summed E-state index contributed by atoms with van der Waals surface area (Å²) in [6.07, 6.45) is 1.94. The fraction of sp³-hybridized carbons (Fsp3) is 0.438. The number of piperidine rings is 1. The molecule has 0 saturated carbocycles. The first kappa shape index (κ1) is 17.4. The van der Waals surface area contributed by atoms with Crippen molar-refractivity contribution in [3.8, 4) is 0 Å². The van der Waals surface area contributed by atoms with E-state index in [9.17, 15) is 14.9 Å². The van der Waals surface area contributed by atoms with Gasteiger partial charge in [-0.2, -0.15) is 0 Å². The Bertz CT molecular complexity index is 753. The lowest BCUT2D eigenvalue weighted by Gasteiger charge is -2.30. The van der Waals surface area contributed by atoms with Crippen LogP contribution in [0.5, 0.6) is 0 Å². The predicted octanol–water partition coefficient (Wildman–Crippen LogP) is 2.57. The molecule has 0 spiro atoms. The third-order valence-electron chi connectivity index (χ3n) is 4.21. The Hall–Kier alpha value is -2.39. The minimum absolute atomic E-state index is 0.00647. The van der Waals surface area contributed by atoms with Crippen LogP contribution in [0.4, 0.5) is 11.4 Å². The van der Waals surface area contributed by atoms with Crippen LogP contribution in [0.25, 0.3) is 0 Å². The number of amides is 1. The number of carbonyl (C=O) groups is 1. The Morgan fingerprint density at radius 1 is 1.32 bits per heavy atom. The standard InChI is InChI=1S/C16H19N5O3S/c1-11-18-19-16(25-11)12-6-8-20(9-7-12)10-15(22)17-13-2-4-14(5-3-13)21(23)24/h2-5,12H,6-10H2,1H3,(H,17,22). The van der Waals surface area contributed by atoms with E-state index in [-0.39, 0.29) is 11.6 Å². The summed E-state index contributed by atoms with van der Waals surface area (Å²) in [6.45, 7) is 3.96. The van der Waals surface area contributed by atoms with Gasteiger partial charge in [-0.3, -0.25) is 19.8 Å². The molecule has 1 N–H and O–H groups in total. The first-order valence-electron chi connectivity index (χ1n) is 8.08. The molecule has 8 nitrogen and oxygen atoms in total. The molecule has 1 fully saturated rings. The SMILES string of the molecule is Cc1nnc(C2CCN(CC(=O)Nc3ccc([N+](=O)[O-])cc3)CC2)s1. The molecule has 25 heavy (non-hydrogen) atoms. The molecule has 0 unspecified atom stereocenters. The molecule has 1 aromatic carbocycles. The second-order valence-electron chi connectivity index (χ2n) is 6.06. The zero-order valence-electron chi connectivity index (χ0n) is 13.8. The van der Waals surface area contributed by atoms with Crippen molar-refractivity contribution in [2.24, 2.45) is 0 Å². The zero-order valence-corrected chi connectivity index (χ0v) is 14.7. The van der Waals surface area contributed by atoms with Crippen LogP contribution in [-0.4, -0.2) is 45.6 Å². The smallest absolute Gasteiger partial charge is 0.269 e. The molecule has 0 bridgehead atoms. The first-order chi connectivity index (χ1) is 12.0. The average Bonchev–Trinajstić information content (AvgIpc) is 3.02. The predicted molar refractivity (Wildman–Crippen MR) is 94.8 cm³/mol. The molecule has 9 heteroatoms. The molecule has 1 saturated heterocycles. The van der Waals surface area contributed by atoms with Gasteiger partial charge in [0.15, 0.2) is 0 Å². The number of hydrogen-bond donors (Lipinski definition) is 1. The molecule has 1 aliphatic heterocycles. The van der Waals surface area contributed by atoms with Gasteiger partial charge in [0, 0.05) is 23.7 Å². The summed E-state index contributed by atoms with van der Waals surface area (Å²) in [5, 5.41) is 23.8. The number of nitrogens with zero attached hydrogens (tertiary/aromatic N) is 4. The number of aromatic nitrogens is 2. The molecule has 1 aliphatic rings. The number of likely N-dealkylation sites (tertiary alicyclic amines) is 1. The lowest BCUT2D eigenvalue weighted by atomic mass is 9.98. The second-order valence-corrected chi connectivity index (χ2v) is 7.28. The Kier molecular flexibility index (Phi) is 5.34. The molecule has 0 radical (unpaired) electrons. The van der Waals surface area contributed by atoms with Gasteiger partial charge in [0.2, 0.25) is 5.91 Å². The van der Waals surface area contributed by atoms with E-state index in [1.165, 1.54) is 12.1 Å². The van der Waals surface area contributed by atoms with Gasteiger partial charge in [-0.1, -0.05) is 0 Å². The highest BCUT2D eigenvalue weighted by atomic mass is 32.1. The van der Waals surface area contributed by atoms with Crippen LogP contribution in [0.2, 0.25) is 0 Å².